The molecule has 190 valence electrons. The first-order valence-electron chi connectivity index (χ1n) is 12.4. The lowest BCUT2D eigenvalue weighted by Gasteiger charge is -2.44. The number of hydrogen-bond acceptors (Lipinski definition) is 6. The van der Waals surface area contributed by atoms with Crippen LogP contribution in [-0.4, -0.2) is 45.7 Å². The van der Waals surface area contributed by atoms with Gasteiger partial charge in [-0.15, -0.1) is 0 Å². The van der Waals surface area contributed by atoms with Gasteiger partial charge in [0.2, 0.25) is 0 Å². The van der Waals surface area contributed by atoms with Crippen LogP contribution in [0.25, 0.3) is 10.9 Å². The molecular formula is C28H32N2O5S. The number of benzene rings is 2. The minimum absolute atomic E-state index is 0.0548. The van der Waals surface area contributed by atoms with Gasteiger partial charge in [0.15, 0.2) is 0 Å². The number of hydrogen-bond donors (Lipinski definition) is 2. The quantitative estimate of drug-likeness (QED) is 0.295. The molecular weight excluding hydrogens is 476 g/mol. The lowest BCUT2D eigenvalue weighted by Crippen LogP contribution is -2.57. The highest BCUT2D eigenvalue weighted by Gasteiger charge is 2.55. The molecule has 1 aliphatic heterocycles. The average molecular weight is 509 g/mol. The molecule has 7 nitrogen and oxygen atoms in total. The summed E-state index contributed by atoms with van der Waals surface area (Å²) in [4.78, 5) is 17.4. The summed E-state index contributed by atoms with van der Waals surface area (Å²) >= 11 is 0. The van der Waals surface area contributed by atoms with Crippen molar-refractivity contribution in [2.75, 3.05) is 20.3 Å². The topological polar surface area (TPSA) is 97.5 Å². The minimum atomic E-state index is -3.93. The average Bonchev–Trinajstić information content (AvgIpc) is 3.18. The van der Waals surface area contributed by atoms with Gasteiger partial charge in [0.1, 0.15) is 5.41 Å². The van der Waals surface area contributed by atoms with Crippen LogP contribution in [0.5, 0.6) is 0 Å². The zero-order chi connectivity index (χ0) is 25.5. The number of ether oxygens (including phenoxy) is 1. The Balaban J connectivity index is 1.56. The number of para-hydroxylation sites is 1. The Kier molecular flexibility index (Phi) is 6.53. The van der Waals surface area contributed by atoms with Crippen LogP contribution in [0.2, 0.25) is 0 Å². The maximum Gasteiger partial charge on any atom is 0.319 e. The first-order chi connectivity index (χ1) is 17.3. The van der Waals surface area contributed by atoms with Gasteiger partial charge in [-0.1, -0.05) is 54.5 Å². The van der Waals surface area contributed by atoms with Crippen LogP contribution in [0.1, 0.15) is 36.6 Å². The lowest BCUT2D eigenvalue weighted by molar-refractivity contribution is -0.150. The molecule has 0 amide bonds. The molecule has 0 unspecified atom stereocenters. The van der Waals surface area contributed by atoms with Crippen LogP contribution in [0.15, 0.2) is 65.1 Å². The highest BCUT2D eigenvalue weighted by atomic mass is 32.2. The van der Waals surface area contributed by atoms with Crippen LogP contribution in [0.3, 0.4) is 0 Å². The molecule has 3 atom stereocenters. The fourth-order valence-corrected chi connectivity index (χ4v) is 6.86. The second-order valence-corrected chi connectivity index (χ2v) is 11.4. The summed E-state index contributed by atoms with van der Waals surface area (Å²) in [7, 11) is -2.52. The summed E-state index contributed by atoms with van der Waals surface area (Å²) < 4.78 is 36.8. The van der Waals surface area contributed by atoms with Gasteiger partial charge in [0, 0.05) is 28.6 Å². The molecule has 2 aliphatic rings. The summed E-state index contributed by atoms with van der Waals surface area (Å²) in [6, 6.07) is 14.4. The van der Waals surface area contributed by atoms with Gasteiger partial charge >= 0.3 is 5.97 Å². The molecule has 0 radical (unpaired) electrons. The third-order valence-corrected chi connectivity index (χ3v) is 8.88. The van der Waals surface area contributed by atoms with Gasteiger partial charge in [-0.3, -0.25) is 8.98 Å². The van der Waals surface area contributed by atoms with Crippen molar-refractivity contribution in [3.05, 3.63) is 77.0 Å². The highest BCUT2D eigenvalue weighted by molar-refractivity contribution is 7.86. The van der Waals surface area contributed by atoms with E-state index in [0.717, 1.165) is 46.3 Å². The van der Waals surface area contributed by atoms with Crippen molar-refractivity contribution in [3.63, 3.8) is 0 Å². The maximum atomic E-state index is 13.7. The Morgan fingerprint density at radius 2 is 1.89 bits per heavy atom. The van der Waals surface area contributed by atoms with Crippen molar-refractivity contribution in [2.24, 2.45) is 5.92 Å². The number of aromatic amines is 1. The second kappa shape index (κ2) is 9.50. The number of aryl methyl sites for hydroxylation is 1. The van der Waals surface area contributed by atoms with E-state index < -0.39 is 15.5 Å². The molecule has 0 saturated heterocycles. The monoisotopic (exact) mass is 508 g/mol. The van der Waals surface area contributed by atoms with Crippen LogP contribution >= 0.6 is 0 Å². The van der Waals surface area contributed by atoms with Crippen molar-refractivity contribution < 1.29 is 22.1 Å². The molecule has 0 fully saturated rings. The standard InChI is InChI=1S/C28H32N2O5S/c1-4-20-15-19(17-35-36(32,33)21-11-9-18(2)10-12-21)16-28(27(31)34-3)25(20)29-14-13-23-22-7-5-6-8-24(22)30-26(23)28/h5-12,15,19,25,29-30H,4,13-14,16-17H2,1-3H3/t19-,25+,28+/m0/s1. The highest BCUT2D eigenvalue weighted by Crippen LogP contribution is 2.47. The number of aromatic nitrogens is 1. The Labute approximate surface area is 212 Å². The fourth-order valence-electron chi connectivity index (χ4n) is 5.90. The van der Waals surface area contributed by atoms with Gasteiger partial charge in [0.05, 0.1) is 18.6 Å². The summed E-state index contributed by atoms with van der Waals surface area (Å²) in [6.45, 7) is 4.62. The van der Waals surface area contributed by atoms with E-state index in [0.29, 0.717) is 12.8 Å². The number of fused-ring (bicyclic) bond motifs is 5. The summed E-state index contributed by atoms with van der Waals surface area (Å²) in [5.41, 5.74) is 3.94. The zero-order valence-corrected chi connectivity index (χ0v) is 21.7. The van der Waals surface area contributed by atoms with E-state index in [9.17, 15) is 13.2 Å². The second-order valence-electron chi connectivity index (χ2n) is 9.74. The lowest BCUT2D eigenvalue weighted by atomic mass is 9.64. The van der Waals surface area contributed by atoms with Gasteiger partial charge in [-0.25, -0.2) is 0 Å². The van der Waals surface area contributed by atoms with Crippen LogP contribution in [0.4, 0.5) is 0 Å². The Hall–Kier alpha value is -2.94. The van der Waals surface area contributed by atoms with E-state index in [1.54, 1.807) is 24.3 Å². The molecule has 8 heteroatoms. The number of nitrogens with one attached hydrogen (secondary N) is 2. The molecule has 5 rings (SSSR count). The molecule has 0 spiro atoms. The van der Waals surface area contributed by atoms with Crippen molar-refractivity contribution in [3.8, 4) is 0 Å². The molecule has 1 aromatic heterocycles. The molecule has 2 aromatic carbocycles. The van der Waals surface area contributed by atoms with E-state index in [1.807, 2.05) is 25.1 Å². The maximum absolute atomic E-state index is 13.7. The van der Waals surface area contributed by atoms with Gasteiger partial charge < -0.3 is 15.0 Å². The molecule has 1 aliphatic carbocycles. The van der Waals surface area contributed by atoms with E-state index in [2.05, 4.69) is 29.4 Å². The minimum Gasteiger partial charge on any atom is -0.468 e. The molecule has 2 heterocycles. The van der Waals surface area contributed by atoms with E-state index in [1.165, 1.54) is 7.11 Å². The number of H-pyrrole nitrogens is 1. The van der Waals surface area contributed by atoms with Crippen molar-refractivity contribution in [1.29, 1.82) is 0 Å². The molecule has 0 bridgehead atoms. The van der Waals surface area contributed by atoms with Crippen molar-refractivity contribution in [1.82, 2.24) is 10.3 Å². The number of methoxy groups -OCH3 is 1. The summed E-state index contributed by atoms with van der Waals surface area (Å²) in [5.74, 6) is -0.630. The van der Waals surface area contributed by atoms with Gasteiger partial charge in [0.25, 0.3) is 10.1 Å². The molecule has 3 aromatic rings. The van der Waals surface area contributed by atoms with E-state index >= 15 is 0 Å². The van der Waals surface area contributed by atoms with Crippen LogP contribution in [-0.2, 0) is 35.7 Å². The van der Waals surface area contributed by atoms with Crippen molar-refractivity contribution in [2.45, 2.75) is 49.5 Å². The van der Waals surface area contributed by atoms with E-state index in [4.69, 9.17) is 8.92 Å². The smallest absolute Gasteiger partial charge is 0.319 e. The first kappa shape index (κ1) is 24.7. The Morgan fingerprint density at radius 3 is 2.61 bits per heavy atom. The number of carbonyl (C=O) groups is 1. The summed E-state index contributed by atoms with van der Waals surface area (Å²) in [6.07, 6.45) is 3.93. The normalized spacial score (nSPS) is 23.9. The molecule has 36 heavy (non-hydrogen) atoms. The Morgan fingerprint density at radius 1 is 1.14 bits per heavy atom. The zero-order valence-electron chi connectivity index (χ0n) is 20.8. The first-order valence-corrected chi connectivity index (χ1v) is 13.8. The van der Waals surface area contributed by atoms with Gasteiger partial charge in [-0.2, -0.15) is 8.42 Å². The summed E-state index contributed by atoms with van der Waals surface area (Å²) in [5, 5.41) is 4.71. The largest absolute Gasteiger partial charge is 0.468 e. The third-order valence-electron chi connectivity index (χ3n) is 7.59. The molecule has 2 N–H and O–H groups in total. The van der Waals surface area contributed by atoms with Crippen LogP contribution < -0.4 is 5.32 Å². The fraction of sp³-hybridized carbons (Fsp3) is 0.393. The van der Waals surface area contributed by atoms with Gasteiger partial charge in [-0.05, 0) is 56.5 Å². The number of rotatable bonds is 6. The number of carbonyl (C=O) groups excluding carboxylic acids is 1. The van der Waals surface area contributed by atoms with E-state index in [-0.39, 0.29) is 29.4 Å². The van der Waals surface area contributed by atoms with Crippen molar-refractivity contribution >= 4 is 27.0 Å². The predicted molar refractivity (Wildman–Crippen MR) is 138 cm³/mol. The SMILES string of the molecule is CCC1=C[C@H](COS(=O)(=O)c2ccc(C)cc2)C[C@]2(C(=O)OC)c3[nH]c4ccccc4c3CCN[C@H]12. The number of esters is 1. The van der Waals surface area contributed by atoms with Crippen LogP contribution in [0, 0.1) is 12.8 Å². The molecule has 0 saturated carbocycles. The third kappa shape index (κ3) is 4.07. The predicted octanol–water partition coefficient (Wildman–Crippen LogP) is 4.16. The Bertz CT molecular complexity index is 1420.